The number of Topliss-reactive ketones (excluding diaryl/α,β-unsaturated/α-hetero) is 1. The Kier molecular flexibility index (Phi) is 8.43. The fourth-order valence-electron chi connectivity index (χ4n) is 4.79. The number of quaternary nitrogens is 1. The van der Waals surface area contributed by atoms with Crippen LogP contribution in [0.3, 0.4) is 0 Å². The second-order valence-electron chi connectivity index (χ2n) is 10.1. The minimum atomic E-state index is -1.09. The van der Waals surface area contributed by atoms with Gasteiger partial charge in [0.2, 0.25) is 0 Å². The molecular weight excluding hydrogens is 514 g/mol. The van der Waals surface area contributed by atoms with E-state index >= 15 is 0 Å². The van der Waals surface area contributed by atoms with Crippen LogP contribution in [0.5, 0.6) is 5.88 Å². The molecule has 35 heavy (non-hydrogen) atoms. The number of carbonyl (C=O) groups excluding carboxylic acids is 1. The highest BCUT2D eigenvalue weighted by molar-refractivity contribution is 9.10. The van der Waals surface area contributed by atoms with Crippen LogP contribution in [0.15, 0.2) is 49.7 Å². The lowest BCUT2D eigenvalue weighted by Gasteiger charge is -2.34. The zero-order valence-electron chi connectivity index (χ0n) is 20.8. The van der Waals surface area contributed by atoms with E-state index in [1.807, 2.05) is 13.8 Å². The number of allylic oxidation sites excluding steroid dienone is 2. The van der Waals surface area contributed by atoms with Crippen LogP contribution in [0.1, 0.15) is 63.0 Å². The van der Waals surface area contributed by atoms with Gasteiger partial charge in [0, 0.05) is 48.5 Å². The van der Waals surface area contributed by atoms with Gasteiger partial charge in [0.25, 0.3) is 5.56 Å². The van der Waals surface area contributed by atoms with Gasteiger partial charge in [-0.25, -0.2) is 4.79 Å². The number of nitrogens with zero attached hydrogens (tertiary/aromatic N) is 2. The van der Waals surface area contributed by atoms with E-state index in [0.29, 0.717) is 10.0 Å². The number of ketones is 1. The maximum Gasteiger partial charge on any atom is 0.329 e. The van der Waals surface area contributed by atoms with E-state index in [1.165, 1.54) is 46.4 Å². The number of aromatic nitrogens is 2. The number of hydrogen-bond acceptors (Lipinski definition) is 5. The third-order valence-electron chi connectivity index (χ3n) is 6.65. The number of halogens is 1. The van der Waals surface area contributed by atoms with E-state index < -0.39 is 28.5 Å². The minimum Gasteiger partial charge on any atom is -0.860 e. The Hall–Kier alpha value is -2.65. The first-order valence-corrected chi connectivity index (χ1v) is 12.7. The fourth-order valence-corrected chi connectivity index (χ4v) is 5.30. The molecule has 3 N–H and O–H groups in total. The molecule has 0 bridgehead atoms. The van der Waals surface area contributed by atoms with Gasteiger partial charge in [-0.3, -0.25) is 14.2 Å². The fraction of sp³-hybridized carbons (Fsp3) is 0.500. The lowest BCUT2D eigenvalue weighted by atomic mass is 9.71. The van der Waals surface area contributed by atoms with Gasteiger partial charge in [0.15, 0.2) is 5.78 Å². The van der Waals surface area contributed by atoms with Gasteiger partial charge in [0.05, 0.1) is 13.1 Å². The Balaban J connectivity index is 0.000000497. The average molecular weight is 548 g/mol. The van der Waals surface area contributed by atoms with Crippen molar-refractivity contribution in [3.8, 4) is 5.88 Å². The van der Waals surface area contributed by atoms with E-state index in [0.717, 1.165) is 9.13 Å². The summed E-state index contributed by atoms with van der Waals surface area (Å²) in [6, 6.07) is 6.90. The van der Waals surface area contributed by atoms with Crippen molar-refractivity contribution in [1.29, 1.82) is 0 Å². The number of benzene rings is 1. The van der Waals surface area contributed by atoms with Crippen molar-refractivity contribution in [2.75, 3.05) is 13.1 Å². The zero-order chi connectivity index (χ0) is 25.9. The number of hydrogen-bond donors (Lipinski definition) is 2. The Morgan fingerprint density at radius 3 is 2.17 bits per heavy atom. The van der Waals surface area contributed by atoms with Gasteiger partial charge >= 0.3 is 5.69 Å². The molecule has 1 atom stereocenters. The molecule has 2 heterocycles. The molecule has 0 radical (unpaired) electrons. The van der Waals surface area contributed by atoms with Crippen molar-refractivity contribution in [3.63, 3.8) is 0 Å². The third-order valence-corrected chi connectivity index (χ3v) is 7.37. The number of piperidine rings is 1. The maximum absolute atomic E-state index is 13.1. The number of aliphatic hydroxyl groups excluding tert-OH is 1. The molecule has 1 aromatic heterocycles. The molecule has 0 saturated carbocycles. The molecule has 190 valence electrons. The standard InChI is InChI=1S/C21H23BrN2O5.C5H11N/c1-21(2)9-13(25)16(14(26)10-21)15(11-7-5-6-8-12(11)22)17-18(27)23(3)20(29)24(4)19(17)28;1-2-4-6-5-3-1/h5-8,15,25,27H,9-10H2,1-4H3;6H,1-5H2. The smallest absolute Gasteiger partial charge is 0.329 e. The van der Waals surface area contributed by atoms with Crippen molar-refractivity contribution in [3.05, 3.63) is 72.0 Å². The number of carbonyl (C=O) groups is 1. The lowest BCUT2D eigenvalue weighted by molar-refractivity contribution is -0.662. The summed E-state index contributed by atoms with van der Waals surface area (Å²) in [7, 11) is 2.56. The molecule has 9 heteroatoms. The van der Waals surface area contributed by atoms with Crippen molar-refractivity contribution in [1.82, 2.24) is 9.13 Å². The average Bonchev–Trinajstić information content (AvgIpc) is 2.81. The zero-order valence-corrected chi connectivity index (χ0v) is 22.4. The van der Waals surface area contributed by atoms with Gasteiger partial charge in [-0.1, -0.05) is 48.0 Å². The van der Waals surface area contributed by atoms with E-state index in [2.05, 4.69) is 21.2 Å². The van der Waals surface area contributed by atoms with Crippen LogP contribution in [0, 0.1) is 5.41 Å². The Morgan fingerprint density at radius 1 is 1.03 bits per heavy atom. The lowest BCUT2D eigenvalue weighted by Crippen LogP contribution is -2.85. The molecule has 1 fully saturated rings. The first-order chi connectivity index (χ1) is 16.5. The molecule has 1 aliphatic heterocycles. The highest BCUT2D eigenvalue weighted by atomic mass is 79.9. The summed E-state index contributed by atoms with van der Waals surface area (Å²) >= 11 is 3.43. The predicted molar refractivity (Wildman–Crippen MR) is 136 cm³/mol. The van der Waals surface area contributed by atoms with Gasteiger partial charge in [0.1, 0.15) is 5.76 Å². The van der Waals surface area contributed by atoms with E-state index in [-0.39, 0.29) is 35.5 Å². The highest BCUT2D eigenvalue weighted by Crippen LogP contribution is 2.45. The molecule has 1 saturated heterocycles. The van der Waals surface area contributed by atoms with Gasteiger partial charge in [-0.15, -0.1) is 0 Å². The second kappa shape index (κ2) is 11.0. The molecule has 2 aromatic rings. The summed E-state index contributed by atoms with van der Waals surface area (Å²) in [5, 5.41) is 26.2. The summed E-state index contributed by atoms with van der Waals surface area (Å²) in [5.74, 6) is -2.33. The van der Waals surface area contributed by atoms with Crippen molar-refractivity contribution in [2.24, 2.45) is 19.5 Å². The molecule has 4 rings (SSSR count). The molecule has 2 aliphatic rings. The maximum atomic E-state index is 13.1. The van der Waals surface area contributed by atoms with Crippen LogP contribution in [-0.4, -0.2) is 33.1 Å². The first-order valence-electron chi connectivity index (χ1n) is 11.9. The van der Waals surface area contributed by atoms with Crippen LogP contribution < -0.4 is 21.7 Å². The molecule has 1 aromatic carbocycles. The monoisotopic (exact) mass is 547 g/mol. The summed E-state index contributed by atoms with van der Waals surface area (Å²) in [4.78, 5) is 38.2. The van der Waals surface area contributed by atoms with Crippen LogP contribution in [0.4, 0.5) is 0 Å². The molecule has 0 spiro atoms. The SMILES string of the molecule is C1CC[NH2+]CC1.Cn1c([O-])c(C(C2=C(O)CC(C)(C)CC2=O)c2ccccc2Br)c(=O)n(C)c1=O. The van der Waals surface area contributed by atoms with Crippen LogP contribution in [0.2, 0.25) is 0 Å². The first kappa shape index (κ1) is 26.9. The molecule has 1 aliphatic carbocycles. The van der Waals surface area contributed by atoms with E-state index in [1.54, 1.807) is 24.3 Å². The Labute approximate surface area is 213 Å². The number of aliphatic hydroxyl groups is 1. The van der Waals surface area contributed by atoms with Gasteiger partial charge in [-0.05, 0) is 42.2 Å². The van der Waals surface area contributed by atoms with E-state index in [9.17, 15) is 24.6 Å². The number of rotatable bonds is 3. The number of nitrogens with two attached hydrogens (primary N) is 1. The summed E-state index contributed by atoms with van der Waals surface area (Å²) in [6.07, 6.45) is 4.78. The van der Waals surface area contributed by atoms with Gasteiger partial charge in [-0.2, -0.15) is 0 Å². The molecule has 8 nitrogen and oxygen atoms in total. The third kappa shape index (κ3) is 5.78. The Bertz CT molecular complexity index is 1240. The molecule has 1 unspecified atom stereocenters. The Morgan fingerprint density at radius 2 is 1.66 bits per heavy atom. The highest BCUT2D eigenvalue weighted by Gasteiger charge is 2.39. The van der Waals surface area contributed by atoms with Crippen molar-refractivity contribution < 1.29 is 20.3 Å². The normalized spacial score (nSPS) is 18.6. The molecular formula is C26H34BrN3O5. The quantitative estimate of drug-likeness (QED) is 0.608. The van der Waals surface area contributed by atoms with E-state index in [4.69, 9.17) is 0 Å². The summed E-state index contributed by atoms with van der Waals surface area (Å²) in [5.41, 5.74) is -1.67. The topological polar surface area (TPSA) is 121 Å². The molecule has 0 amide bonds. The second-order valence-corrected chi connectivity index (χ2v) is 11.0. The summed E-state index contributed by atoms with van der Waals surface area (Å²) in [6.45, 7) is 6.49. The minimum absolute atomic E-state index is 0.0315. The largest absolute Gasteiger partial charge is 0.860 e. The van der Waals surface area contributed by atoms with Gasteiger partial charge < -0.3 is 20.1 Å². The van der Waals surface area contributed by atoms with Crippen LogP contribution in [-0.2, 0) is 18.9 Å². The van der Waals surface area contributed by atoms with Crippen molar-refractivity contribution in [2.45, 2.75) is 51.9 Å². The van der Waals surface area contributed by atoms with Crippen molar-refractivity contribution >= 4 is 21.7 Å². The summed E-state index contributed by atoms with van der Waals surface area (Å²) < 4.78 is 2.27. The predicted octanol–water partition coefficient (Wildman–Crippen LogP) is 1.99. The van der Waals surface area contributed by atoms with Crippen LogP contribution in [0.25, 0.3) is 0 Å². The van der Waals surface area contributed by atoms with Crippen LogP contribution >= 0.6 is 15.9 Å².